The maximum absolute atomic E-state index is 13.3. The van der Waals surface area contributed by atoms with Crippen LogP contribution in [-0.4, -0.2) is 6.04 Å². The largest absolute Gasteiger partial charge is 0.457 e. The molecule has 0 bridgehead atoms. The molecule has 0 spiro atoms. The molecule has 0 aromatic heterocycles. The van der Waals surface area contributed by atoms with Crippen LogP contribution in [0.4, 0.5) is 4.39 Å². The van der Waals surface area contributed by atoms with Crippen molar-refractivity contribution in [2.24, 2.45) is 0 Å². The van der Waals surface area contributed by atoms with Crippen LogP contribution in [0.15, 0.2) is 45.3 Å². The van der Waals surface area contributed by atoms with Gasteiger partial charge in [0.25, 0.3) is 0 Å². The normalized spacial score (nSPS) is 11.0. The van der Waals surface area contributed by atoms with Gasteiger partial charge >= 0.3 is 0 Å². The molecule has 0 aliphatic heterocycles. The van der Waals surface area contributed by atoms with E-state index >= 15 is 0 Å². The third kappa shape index (κ3) is 5.09. The van der Waals surface area contributed by atoms with Gasteiger partial charge in [-0.2, -0.15) is 0 Å². The summed E-state index contributed by atoms with van der Waals surface area (Å²) in [5, 5.41) is 3.36. The van der Waals surface area contributed by atoms with Crippen LogP contribution in [0.5, 0.6) is 11.5 Å². The highest BCUT2D eigenvalue weighted by Crippen LogP contribution is 2.29. The molecule has 0 radical (unpaired) electrons. The molecule has 0 atom stereocenters. The molecule has 0 saturated heterocycles. The highest BCUT2D eigenvalue weighted by Gasteiger charge is 2.06. The average molecular weight is 417 g/mol. The minimum absolute atomic E-state index is 0.337. The first-order valence-electron chi connectivity index (χ1n) is 6.60. The molecule has 0 amide bonds. The Balaban J connectivity index is 2.12. The van der Waals surface area contributed by atoms with Crippen LogP contribution < -0.4 is 10.1 Å². The minimum atomic E-state index is -0.337. The number of hydrogen-bond donors (Lipinski definition) is 1. The van der Waals surface area contributed by atoms with E-state index in [4.69, 9.17) is 4.74 Å². The molecule has 2 nitrogen and oxygen atoms in total. The van der Waals surface area contributed by atoms with Crippen molar-refractivity contribution in [2.75, 3.05) is 0 Å². The van der Waals surface area contributed by atoms with Crippen molar-refractivity contribution in [3.8, 4) is 11.5 Å². The highest BCUT2D eigenvalue weighted by molar-refractivity contribution is 9.10. The van der Waals surface area contributed by atoms with Gasteiger partial charge < -0.3 is 10.1 Å². The van der Waals surface area contributed by atoms with Crippen LogP contribution >= 0.6 is 31.9 Å². The molecule has 1 N–H and O–H groups in total. The van der Waals surface area contributed by atoms with Crippen molar-refractivity contribution in [1.29, 1.82) is 0 Å². The van der Waals surface area contributed by atoms with E-state index in [0.29, 0.717) is 22.0 Å². The van der Waals surface area contributed by atoms with Crippen LogP contribution in [0.2, 0.25) is 0 Å². The van der Waals surface area contributed by atoms with Gasteiger partial charge in [0.2, 0.25) is 0 Å². The van der Waals surface area contributed by atoms with E-state index in [9.17, 15) is 4.39 Å². The molecule has 0 heterocycles. The highest BCUT2D eigenvalue weighted by atomic mass is 79.9. The molecule has 0 unspecified atom stereocenters. The van der Waals surface area contributed by atoms with Crippen molar-refractivity contribution >= 4 is 31.9 Å². The van der Waals surface area contributed by atoms with Gasteiger partial charge in [0.05, 0.1) is 0 Å². The summed E-state index contributed by atoms with van der Waals surface area (Å²) >= 11 is 6.79. The van der Waals surface area contributed by atoms with Gasteiger partial charge in [-0.15, -0.1) is 0 Å². The molecule has 0 fully saturated rings. The van der Waals surface area contributed by atoms with Gasteiger partial charge in [-0.25, -0.2) is 4.39 Å². The first-order chi connectivity index (χ1) is 9.94. The van der Waals surface area contributed by atoms with Gasteiger partial charge in [0, 0.05) is 27.6 Å². The minimum Gasteiger partial charge on any atom is -0.457 e. The average Bonchev–Trinajstić information content (AvgIpc) is 2.36. The zero-order valence-corrected chi connectivity index (χ0v) is 15.0. The monoisotopic (exact) mass is 415 g/mol. The molecule has 5 heteroatoms. The summed E-state index contributed by atoms with van der Waals surface area (Å²) < 4.78 is 20.6. The maximum atomic E-state index is 13.3. The van der Waals surface area contributed by atoms with E-state index in [1.54, 1.807) is 6.07 Å². The standard InChI is InChI=1S/C16H16Br2FNO/c1-10(2)20-9-11-3-4-14(8-16(11)18)21-15-6-12(17)5-13(19)7-15/h3-8,10,20H,9H2,1-2H3. The lowest BCUT2D eigenvalue weighted by atomic mass is 10.2. The zero-order chi connectivity index (χ0) is 15.4. The molecule has 2 aromatic carbocycles. The second-order valence-corrected chi connectivity index (χ2v) is 6.77. The second-order valence-electron chi connectivity index (χ2n) is 5.00. The molecule has 21 heavy (non-hydrogen) atoms. The smallest absolute Gasteiger partial charge is 0.131 e. The van der Waals surface area contributed by atoms with Crippen molar-refractivity contribution < 1.29 is 9.13 Å². The Bertz CT molecular complexity index is 611. The summed E-state index contributed by atoms with van der Waals surface area (Å²) in [4.78, 5) is 0. The maximum Gasteiger partial charge on any atom is 0.131 e. The van der Waals surface area contributed by atoms with E-state index in [1.807, 2.05) is 18.2 Å². The zero-order valence-electron chi connectivity index (χ0n) is 11.8. The quantitative estimate of drug-likeness (QED) is 0.680. The molecular weight excluding hydrogens is 401 g/mol. The molecule has 112 valence electrons. The summed E-state index contributed by atoms with van der Waals surface area (Å²) in [6.07, 6.45) is 0. The fourth-order valence-electron chi connectivity index (χ4n) is 1.77. The molecule has 0 aliphatic carbocycles. The molecule has 0 saturated carbocycles. The third-order valence-electron chi connectivity index (χ3n) is 2.80. The predicted molar refractivity (Wildman–Crippen MR) is 90.3 cm³/mol. The van der Waals surface area contributed by atoms with Crippen LogP contribution in [-0.2, 0) is 6.54 Å². The van der Waals surface area contributed by atoms with Crippen LogP contribution in [0.25, 0.3) is 0 Å². The first kappa shape index (κ1) is 16.5. The molecular formula is C16H16Br2FNO. The topological polar surface area (TPSA) is 21.3 Å². The molecule has 2 rings (SSSR count). The Morgan fingerprint density at radius 3 is 2.48 bits per heavy atom. The Morgan fingerprint density at radius 2 is 1.86 bits per heavy atom. The summed E-state index contributed by atoms with van der Waals surface area (Å²) in [7, 11) is 0. The van der Waals surface area contributed by atoms with Gasteiger partial charge in [-0.1, -0.05) is 51.8 Å². The lowest BCUT2D eigenvalue weighted by Gasteiger charge is -2.12. The van der Waals surface area contributed by atoms with E-state index in [2.05, 4.69) is 51.0 Å². The van der Waals surface area contributed by atoms with E-state index in [-0.39, 0.29) is 5.82 Å². The number of halogens is 3. The van der Waals surface area contributed by atoms with Gasteiger partial charge in [-0.05, 0) is 29.8 Å². The molecule has 0 aliphatic rings. The van der Waals surface area contributed by atoms with Gasteiger partial charge in [0.1, 0.15) is 17.3 Å². The number of ether oxygens (including phenoxy) is 1. The third-order valence-corrected chi connectivity index (χ3v) is 3.99. The second kappa shape index (κ2) is 7.38. The van der Waals surface area contributed by atoms with E-state index in [1.165, 1.54) is 12.1 Å². The summed E-state index contributed by atoms with van der Waals surface area (Å²) in [6.45, 7) is 4.99. The Kier molecular flexibility index (Phi) is 5.79. The Labute approximate surface area is 141 Å². The van der Waals surface area contributed by atoms with Crippen molar-refractivity contribution in [3.63, 3.8) is 0 Å². The predicted octanol–water partition coefficient (Wildman–Crippen LogP) is 5.64. The summed E-state index contributed by atoms with van der Waals surface area (Å²) in [5.74, 6) is 0.783. The lowest BCUT2D eigenvalue weighted by Crippen LogP contribution is -2.21. The van der Waals surface area contributed by atoms with Crippen LogP contribution in [0, 0.1) is 5.82 Å². The number of hydrogen-bond acceptors (Lipinski definition) is 2. The molecule has 2 aromatic rings. The Hall–Kier alpha value is -0.910. The van der Waals surface area contributed by atoms with Crippen LogP contribution in [0.3, 0.4) is 0 Å². The number of benzene rings is 2. The van der Waals surface area contributed by atoms with E-state index < -0.39 is 0 Å². The van der Waals surface area contributed by atoms with Gasteiger partial charge in [0.15, 0.2) is 0 Å². The lowest BCUT2D eigenvalue weighted by molar-refractivity contribution is 0.475. The van der Waals surface area contributed by atoms with Crippen molar-refractivity contribution in [3.05, 3.63) is 56.7 Å². The Morgan fingerprint density at radius 1 is 1.10 bits per heavy atom. The summed E-state index contributed by atoms with van der Waals surface area (Å²) in [5.41, 5.74) is 1.15. The van der Waals surface area contributed by atoms with Gasteiger partial charge in [-0.3, -0.25) is 0 Å². The SMILES string of the molecule is CC(C)NCc1ccc(Oc2cc(F)cc(Br)c2)cc1Br. The van der Waals surface area contributed by atoms with E-state index in [0.717, 1.165) is 16.6 Å². The van der Waals surface area contributed by atoms with Crippen molar-refractivity contribution in [2.45, 2.75) is 26.4 Å². The first-order valence-corrected chi connectivity index (χ1v) is 8.18. The van der Waals surface area contributed by atoms with Crippen molar-refractivity contribution in [1.82, 2.24) is 5.32 Å². The number of rotatable bonds is 5. The summed E-state index contributed by atoms with van der Waals surface area (Å²) in [6, 6.07) is 10.7. The fraction of sp³-hybridized carbons (Fsp3) is 0.250. The number of nitrogens with one attached hydrogen (secondary N) is 1. The fourth-order valence-corrected chi connectivity index (χ4v) is 2.71. The van der Waals surface area contributed by atoms with Crippen LogP contribution in [0.1, 0.15) is 19.4 Å².